The summed E-state index contributed by atoms with van der Waals surface area (Å²) in [5.41, 5.74) is 0. The van der Waals surface area contributed by atoms with E-state index < -0.39 is 30.1 Å². The third kappa shape index (κ3) is 7.74. The fourth-order valence-electron chi connectivity index (χ4n) is 2.71. The van der Waals surface area contributed by atoms with Crippen LogP contribution in [-0.4, -0.2) is 56.7 Å². The van der Waals surface area contributed by atoms with Gasteiger partial charge in [-0.2, -0.15) is 0 Å². The highest BCUT2D eigenvalue weighted by Gasteiger charge is 2.31. The van der Waals surface area contributed by atoms with Gasteiger partial charge >= 0.3 is 17.9 Å². The summed E-state index contributed by atoms with van der Waals surface area (Å²) >= 11 is 0. The SMILES string of the molecule is COC(=O)CC(CC(CC1CCC(OC)O1)OC(C)=O)OC(C)=O. The Kier molecular flexibility index (Phi) is 8.70. The summed E-state index contributed by atoms with van der Waals surface area (Å²) in [5.74, 6) is -1.46. The van der Waals surface area contributed by atoms with Gasteiger partial charge in [0.15, 0.2) is 6.29 Å². The van der Waals surface area contributed by atoms with E-state index >= 15 is 0 Å². The van der Waals surface area contributed by atoms with E-state index in [1.54, 1.807) is 7.11 Å². The molecule has 1 fully saturated rings. The van der Waals surface area contributed by atoms with E-state index in [1.807, 2.05) is 0 Å². The Bertz CT molecular complexity index is 436. The van der Waals surface area contributed by atoms with Crippen LogP contribution < -0.4 is 0 Å². The Morgan fingerprint density at radius 1 is 1.04 bits per heavy atom. The van der Waals surface area contributed by atoms with Gasteiger partial charge in [-0.05, 0) is 6.42 Å². The van der Waals surface area contributed by atoms with E-state index in [4.69, 9.17) is 18.9 Å². The third-order valence-corrected chi connectivity index (χ3v) is 3.67. The molecule has 8 heteroatoms. The molecule has 0 aliphatic carbocycles. The van der Waals surface area contributed by atoms with Crippen molar-refractivity contribution in [1.82, 2.24) is 0 Å². The number of carbonyl (C=O) groups excluding carboxylic acids is 3. The second-order valence-corrected chi connectivity index (χ2v) is 5.72. The van der Waals surface area contributed by atoms with Gasteiger partial charge in [0, 0.05) is 40.2 Å². The van der Waals surface area contributed by atoms with Crippen LogP contribution in [0.4, 0.5) is 0 Å². The molecule has 1 aliphatic heterocycles. The van der Waals surface area contributed by atoms with Crippen LogP contribution in [0, 0.1) is 0 Å². The van der Waals surface area contributed by atoms with E-state index in [-0.39, 0.29) is 25.2 Å². The Balaban J connectivity index is 2.67. The molecule has 0 aromatic heterocycles. The number of rotatable bonds is 9. The maximum atomic E-state index is 11.5. The van der Waals surface area contributed by atoms with E-state index in [0.29, 0.717) is 6.42 Å². The van der Waals surface area contributed by atoms with Crippen LogP contribution in [0.5, 0.6) is 0 Å². The lowest BCUT2D eigenvalue weighted by atomic mass is 10.0. The molecule has 0 saturated carbocycles. The molecule has 1 rings (SSSR count). The van der Waals surface area contributed by atoms with E-state index in [1.165, 1.54) is 21.0 Å². The lowest BCUT2D eigenvalue weighted by Crippen LogP contribution is -2.31. The quantitative estimate of drug-likeness (QED) is 0.456. The normalized spacial score (nSPS) is 22.5. The zero-order chi connectivity index (χ0) is 18.1. The van der Waals surface area contributed by atoms with Crippen LogP contribution in [0.3, 0.4) is 0 Å². The van der Waals surface area contributed by atoms with Gasteiger partial charge in [0.2, 0.25) is 0 Å². The second kappa shape index (κ2) is 10.2. The summed E-state index contributed by atoms with van der Waals surface area (Å²) in [7, 11) is 2.83. The minimum Gasteiger partial charge on any atom is -0.469 e. The Morgan fingerprint density at radius 2 is 1.67 bits per heavy atom. The number of hydrogen-bond donors (Lipinski definition) is 0. The monoisotopic (exact) mass is 346 g/mol. The molecule has 0 N–H and O–H groups in total. The summed E-state index contributed by atoms with van der Waals surface area (Å²) in [6, 6.07) is 0. The van der Waals surface area contributed by atoms with Gasteiger partial charge in [0.25, 0.3) is 0 Å². The van der Waals surface area contributed by atoms with Gasteiger partial charge in [-0.1, -0.05) is 0 Å². The molecule has 0 bridgehead atoms. The van der Waals surface area contributed by atoms with Crippen LogP contribution >= 0.6 is 0 Å². The highest BCUT2D eigenvalue weighted by Crippen LogP contribution is 2.26. The number of hydrogen-bond acceptors (Lipinski definition) is 8. The van der Waals surface area contributed by atoms with Crippen molar-refractivity contribution in [2.45, 2.75) is 70.6 Å². The van der Waals surface area contributed by atoms with Gasteiger partial charge in [-0.15, -0.1) is 0 Å². The fourth-order valence-corrected chi connectivity index (χ4v) is 2.71. The summed E-state index contributed by atoms with van der Waals surface area (Å²) in [6.45, 7) is 2.57. The number of ether oxygens (including phenoxy) is 5. The molecule has 0 aromatic carbocycles. The fraction of sp³-hybridized carbons (Fsp3) is 0.812. The number of methoxy groups -OCH3 is 2. The van der Waals surface area contributed by atoms with Gasteiger partial charge in [0.05, 0.1) is 19.6 Å². The molecular formula is C16H26O8. The topological polar surface area (TPSA) is 97.4 Å². The van der Waals surface area contributed by atoms with Crippen molar-refractivity contribution in [3.05, 3.63) is 0 Å². The largest absolute Gasteiger partial charge is 0.469 e. The minimum atomic E-state index is -0.723. The predicted molar refractivity (Wildman–Crippen MR) is 81.9 cm³/mol. The van der Waals surface area contributed by atoms with Crippen LogP contribution in [0.15, 0.2) is 0 Å². The highest BCUT2D eigenvalue weighted by molar-refractivity contribution is 5.71. The molecule has 24 heavy (non-hydrogen) atoms. The summed E-state index contributed by atoms with van der Waals surface area (Å²) < 4.78 is 25.9. The first-order valence-corrected chi connectivity index (χ1v) is 7.93. The molecule has 1 heterocycles. The smallest absolute Gasteiger partial charge is 0.309 e. The standard InChI is InChI=1S/C16H26O8/c1-10(17)22-13(7-12-5-6-16(21-4)24-12)8-14(23-11(2)18)9-15(19)20-3/h12-14,16H,5-9H2,1-4H3. The lowest BCUT2D eigenvalue weighted by Gasteiger charge is -2.24. The first-order chi connectivity index (χ1) is 11.3. The van der Waals surface area contributed by atoms with Gasteiger partial charge in [-0.25, -0.2) is 0 Å². The first kappa shape index (κ1) is 20.4. The number of esters is 3. The molecule has 4 atom stereocenters. The zero-order valence-electron chi connectivity index (χ0n) is 14.6. The lowest BCUT2D eigenvalue weighted by molar-refractivity contribution is -0.159. The van der Waals surface area contributed by atoms with Gasteiger partial charge in [-0.3, -0.25) is 14.4 Å². The average Bonchev–Trinajstić information content (AvgIpc) is 2.93. The van der Waals surface area contributed by atoms with Crippen molar-refractivity contribution < 1.29 is 38.1 Å². The molecule has 0 radical (unpaired) electrons. The van der Waals surface area contributed by atoms with Crippen molar-refractivity contribution in [2.24, 2.45) is 0 Å². The molecule has 138 valence electrons. The van der Waals surface area contributed by atoms with Crippen molar-refractivity contribution in [3.8, 4) is 0 Å². The average molecular weight is 346 g/mol. The van der Waals surface area contributed by atoms with E-state index in [9.17, 15) is 14.4 Å². The first-order valence-electron chi connectivity index (χ1n) is 7.93. The molecular weight excluding hydrogens is 320 g/mol. The minimum absolute atomic E-state index is 0.0972. The molecule has 1 saturated heterocycles. The van der Waals surface area contributed by atoms with Gasteiger partial charge < -0.3 is 23.7 Å². The van der Waals surface area contributed by atoms with Crippen molar-refractivity contribution in [3.63, 3.8) is 0 Å². The summed E-state index contributed by atoms with van der Waals surface area (Å²) in [6.07, 6.45) is 0.470. The Morgan fingerprint density at radius 3 is 2.17 bits per heavy atom. The predicted octanol–water partition coefficient (Wildman–Crippen LogP) is 1.34. The highest BCUT2D eigenvalue weighted by atomic mass is 16.7. The maximum absolute atomic E-state index is 11.5. The van der Waals surface area contributed by atoms with Crippen LogP contribution in [0.25, 0.3) is 0 Å². The van der Waals surface area contributed by atoms with Crippen molar-refractivity contribution >= 4 is 17.9 Å². The van der Waals surface area contributed by atoms with Crippen LogP contribution in [-0.2, 0) is 38.1 Å². The maximum Gasteiger partial charge on any atom is 0.309 e. The van der Waals surface area contributed by atoms with E-state index in [2.05, 4.69) is 4.74 Å². The number of carbonyl (C=O) groups is 3. The molecule has 1 aliphatic rings. The third-order valence-electron chi connectivity index (χ3n) is 3.67. The van der Waals surface area contributed by atoms with E-state index in [0.717, 1.165) is 12.8 Å². The summed E-state index contributed by atoms with van der Waals surface area (Å²) in [5, 5.41) is 0. The second-order valence-electron chi connectivity index (χ2n) is 5.72. The molecule has 4 unspecified atom stereocenters. The molecule has 8 nitrogen and oxygen atoms in total. The summed E-state index contributed by atoms with van der Waals surface area (Å²) in [4.78, 5) is 34.0. The Labute approximate surface area is 141 Å². The van der Waals surface area contributed by atoms with Crippen molar-refractivity contribution in [1.29, 1.82) is 0 Å². The van der Waals surface area contributed by atoms with Crippen molar-refractivity contribution in [2.75, 3.05) is 14.2 Å². The molecule has 0 aromatic rings. The molecule has 0 spiro atoms. The zero-order valence-corrected chi connectivity index (χ0v) is 14.6. The van der Waals surface area contributed by atoms with Gasteiger partial charge in [0.1, 0.15) is 12.2 Å². The van der Waals surface area contributed by atoms with Crippen LogP contribution in [0.2, 0.25) is 0 Å². The Hall–Kier alpha value is -1.67. The molecule has 0 amide bonds. The van der Waals surface area contributed by atoms with Crippen LogP contribution in [0.1, 0.15) is 46.0 Å².